The maximum atomic E-state index is 4.38. The predicted octanol–water partition coefficient (Wildman–Crippen LogP) is 4.61. The van der Waals surface area contributed by atoms with Crippen LogP contribution in [-0.4, -0.2) is 12.0 Å². The van der Waals surface area contributed by atoms with Crippen molar-refractivity contribution < 1.29 is 0 Å². The third-order valence-corrected chi connectivity index (χ3v) is 4.63. The average molecular weight is 341 g/mol. The summed E-state index contributed by atoms with van der Waals surface area (Å²) in [5, 5.41) is 4.57. The molecule has 0 amide bonds. The van der Waals surface area contributed by atoms with Crippen molar-refractivity contribution in [3.63, 3.8) is 0 Å². The van der Waals surface area contributed by atoms with E-state index in [-0.39, 0.29) is 6.04 Å². The monoisotopic (exact) mass is 340 g/mol. The molecule has 0 aliphatic heterocycles. The van der Waals surface area contributed by atoms with Crippen LogP contribution < -0.4 is 5.32 Å². The summed E-state index contributed by atoms with van der Waals surface area (Å²) in [5.41, 5.74) is 4.77. The lowest BCUT2D eigenvalue weighted by Crippen LogP contribution is -2.17. The van der Waals surface area contributed by atoms with E-state index >= 15 is 0 Å². The summed E-state index contributed by atoms with van der Waals surface area (Å²) in [6.45, 7) is 2.10. The Morgan fingerprint density at radius 2 is 1.81 bits per heavy atom. The fourth-order valence-corrected chi connectivity index (χ4v) is 2.98. The molecule has 0 spiro atoms. The van der Waals surface area contributed by atoms with E-state index in [0.29, 0.717) is 0 Å². The highest BCUT2D eigenvalue weighted by molar-refractivity contribution is 9.10. The molecule has 0 saturated heterocycles. The molecule has 0 aliphatic rings. The maximum absolute atomic E-state index is 4.38. The summed E-state index contributed by atoms with van der Waals surface area (Å²) in [4.78, 5) is 4.38. The van der Waals surface area contributed by atoms with E-state index in [1.165, 1.54) is 22.1 Å². The molecule has 0 aliphatic carbocycles. The number of nitrogens with one attached hydrogen (secondary N) is 1. The lowest BCUT2D eigenvalue weighted by molar-refractivity contribution is 0.692. The minimum atomic E-state index is 0.173. The quantitative estimate of drug-likeness (QED) is 0.752. The highest BCUT2D eigenvalue weighted by Crippen LogP contribution is 2.28. The number of rotatable bonds is 3. The van der Waals surface area contributed by atoms with Crippen LogP contribution in [0.5, 0.6) is 0 Å². The molecule has 3 aromatic rings. The number of halogens is 1. The van der Waals surface area contributed by atoms with Gasteiger partial charge in [0.15, 0.2) is 0 Å². The van der Waals surface area contributed by atoms with E-state index in [1.54, 1.807) is 0 Å². The molecule has 2 nitrogen and oxygen atoms in total. The van der Waals surface area contributed by atoms with Crippen molar-refractivity contribution in [2.45, 2.75) is 13.0 Å². The van der Waals surface area contributed by atoms with Gasteiger partial charge < -0.3 is 5.32 Å². The van der Waals surface area contributed by atoms with Crippen LogP contribution in [0.2, 0.25) is 0 Å². The standard InChI is InChI=1S/C18H17BrN2/c1-12-5-6-15(11-16(12)19)18(20-2)14-7-8-17-13(10-14)4-3-9-21-17/h3-11,18,20H,1-2H3. The lowest BCUT2D eigenvalue weighted by Gasteiger charge is -2.18. The van der Waals surface area contributed by atoms with Gasteiger partial charge in [-0.1, -0.05) is 40.2 Å². The van der Waals surface area contributed by atoms with Crippen molar-refractivity contribution >= 4 is 26.8 Å². The Kier molecular flexibility index (Phi) is 4.04. The zero-order chi connectivity index (χ0) is 14.8. The number of hydrogen-bond donors (Lipinski definition) is 1. The molecule has 1 aromatic heterocycles. The van der Waals surface area contributed by atoms with Crippen LogP contribution in [0.3, 0.4) is 0 Å². The van der Waals surface area contributed by atoms with Gasteiger partial charge in [-0.3, -0.25) is 4.98 Å². The molecule has 3 heteroatoms. The Morgan fingerprint density at radius 3 is 2.57 bits per heavy atom. The Bertz CT molecular complexity index is 783. The van der Waals surface area contributed by atoms with E-state index in [4.69, 9.17) is 0 Å². The molecule has 1 unspecified atom stereocenters. The van der Waals surface area contributed by atoms with Crippen molar-refractivity contribution in [2.75, 3.05) is 7.05 Å². The molecule has 0 radical (unpaired) electrons. The van der Waals surface area contributed by atoms with Gasteiger partial charge in [0, 0.05) is 16.1 Å². The summed E-state index contributed by atoms with van der Waals surface area (Å²) in [6, 6.07) is 17.2. The number of nitrogens with zero attached hydrogens (tertiary/aromatic N) is 1. The fourth-order valence-electron chi connectivity index (χ4n) is 2.59. The van der Waals surface area contributed by atoms with Crippen molar-refractivity contribution in [1.29, 1.82) is 0 Å². The highest BCUT2D eigenvalue weighted by atomic mass is 79.9. The van der Waals surface area contributed by atoms with Crippen LogP contribution in [0, 0.1) is 6.92 Å². The number of benzene rings is 2. The van der Waals surface area contributed by atoms with Gasteiger partial charge in [-0.25, -0.2) is 0 Å². The number of aryl methyl sites for hydroxylation is 1. The Hall–Kier alpha value is -1.71. The topological polar surface area (TPSA) is 24.9 Å². The first-order chi connectivity index (χ1) is 10.2. The molecule has 21 heavy (non-hydrogen) atoms. The summed E-state index contributed by atoms with van der Waals surface area (Å²) < 4.78 is 1.14. The molecule has 0 fully saturated rings. The van der Waals surface area contributed by atoms with Crippen LogP contribution in [0.4, 0.5) is 0 Å². The first-order valence-electron chi connectivity index (χ1n) is 6.97. The number of aromatic nitrogens is 1. The second-order valence-electron chi connectivity index (χ2n) is 5.19. The van der Waals surface area contributed by atoms with E-state index in [2.05, 4.69) is 75.6 Å². The molecule has 2 aromatic carbocycles. The molecular weight excluding hydrogens is 324 g/mol. The van der Waals surface area contributed by atoms with Gasteiger partial charge in [0.1, 0.15) is 0 Å². The minimum absolute atomic E-state index is 0.173. The van der Waals surface area contributed by atoms with Gasteiger partial charge in [0.25, 0.3) is 0 Å². The van der Waals surface area contributed by atoms with Gasteiger partial charge in [0.05, 0.1) is 11.6 Å². The lowest BCUT2D eigenvalue weighted by atomic mass is 9.97. The van der Waals surface area contributed by atoms with Gasteiger partial charge in [-0.2, -0.15) is 0 Å². The summed E-state index contributed by atoms with van der Waals surface area (Å²) >= 11 is 3.62. The average Bonchev–Trinajstić information content (AvgIpc) is 2.51. The molecule has 1 atom stereocenters. The first kappa shape index (κ1) is 14.2. The first-order valence-corrected chi connectivity index (χ1v) is 7.76. The molecule has 0 bridgehead atoms. The molecule has 106 valence electrons. The summed E-state index contributed by atoms with van der Waals surface area (Å²) in [7, 11) is 1.99. The highest BCUT2D eigenvalue weighted by Gasteiger charge is 2.13. The van der Waals surface area contributed by atoms with Crippen LogP contribution in [0.15, 0.2) is 59.2 Å². The van der Waals surface area contributed by atoms with E-state index in [9.17, 15) is 0 Å². The van der Waals surface area contributed by atoms with Crippen molar-refractivity contribution in [3.8, 4) is 0 Å². The molecule has 0 saturated carbocycles. The second kappa shape index (κ2) is 5.96. The van der Waals surface area contributed by atoms with E-state index < -0.39 is 0 Å². The fraction of sp³-hybridized carbons (Fsp3) is 0.167. The number of pyridine rings is 1. The van der Waals surface area contributed by atoms with Crippen LogP contribution >= 0.6 is 15.9 Å². The Balaban J connectivity index is 2.06. The van der Waals surface area contributed by atoms with Crippen LogP contribution in [0.1, 0.15) is 22.7 Å². The number of fused-ring (bicyclic) bond motifs is 1. The molecule has 1 N–H and O–H groups in total. The number of hydrogen-bond acceptors (Lipinski definition) is 2. The van der Waals surface area contributed by atoms with Gasteiger partial charge >= 0.3 is 0 Å². The van der Waals surface area contributed by atoms with Crippen LogP contribution in [-0.2, 0) is 0 Å². The smallest absolute Gasteiger partial charge is 0.0702 e. The maximum Gasteiger partial charge on any atom is 0.0702 e. The van der Waals surface area contributed by atoms with Crippen LogP contribution in [0.25, 0.3) is 10.9 Å². The summed E-state index contributed by atoms with van der Waals surface area (Å²) in [5.74, 6) is 0. The van der Waals surface area contributed by atoms with Crippen molar-refractivity contribution in [1.82, 2.24) is 10.3 Å². The zero-order valence-electron chi connectivity index (χ0n) is 12.1. The van der Waals surface area contributed by atoms with Gasteiger partial charge in [-0.05, 0) is 54.9 Å². The second-order valence-corrected chi connectivity index (χ2v) is 6.04. The predicted molar refractivity (Wildman–Crippen MR) is 91.5 cm³/mol. The molecular formula is C18H17BrN2. The Labute approximate surface area is 133 Å². The minimum Gasteiger partial charge on any atom is -0.309 e. The van der Waals surface area contributed by atoms with E-state index in [0.717, 1.165) is 9.99 Å². The third kappa shape index (κ3) is 2.85. The largest absolute Gasteiger partial charge is 0.309 e. The zero-order valence-corrected chi connectivity index (χ0v) is 13.7. The van der Waals surface area contributed by atoms with Gasteiger partial charge in [0.2, 0.25) is 0 Å². The van der Waals surface area contributed by atoms with E-state index in [1.807, 2.05) is 19.3 Å². The Morgan fingerprint density at radius 1 is 1.05 bits per heavy atom. The normalized spacial score (nSPS) is 12.5. The SMILES string of the molecule is CNC(c1ccc(C)c(Br)c1)c1ccc2ncccc2c1. The van der Waals surface area contributed by atoms with Crippen molar-refractivity contribution in [2.24, 2.45) is 0 Å². The molecule has 3 rings (SSSR count). The molecule has 1 heterocycles. The third-order valence-electron chi connectivity index (χ3n) is 3.78. The van der Waals surface area contributed by atoms with Crippen molar-refractivity contribution in [3.05, 3.63) is 75.9 Å². The van der Waals surface area contributed by atoms with Gasteiger partial charge in [-0.15, -0.1) is 0 Å². The summed E-state index contributed by atoms with van der Waals surface area (Å²) in [6.07, 6.45) is 1.83.